The third-order valence-electron chi connectivity index (χ3n) is 2.65. The van der Waals surface area contributed by atoms with Crippen LogP contribution in [-0.2, 0) is 4.74 Å². The van der Waals surface area contributed by atoms with E-state index in [1.54, 1.807) is 0 Å². The molecule has 1 heterocycles. The molecule has 1 aliphatic rings. The van der Waals surface area contributed by atoms with Gasteiger partial charge in [-0.3, -0.25) is 0 Å². The van der Waals surface area contributed by atoms with Gasteiger partial charge in [0.2, 0.25) is 0 Å². The minimum atomic E-state index is -0.295. The Labute approximate surface area is 81.5 Å². The van der Waals surface area contributed by atoms with E-state index in [0.717, 1.165) is 31.4 Å². The molecular formula is C12H19O. The summed E-state index contributed by atoms with van der Waals surface area (Å²) in [6.07, 6.45) is 5.54. The summed E-state index contributed by atoms with van der Waals surface area (Å²) in [5, 5.41) is 0. The minimum absolute atomic E-state index is 0.295. The Kier molecular flexibility index (Phi) is 3.77. The van der Waals surface area contributed by atoms with Gasteiger partial charge in [-0.1, -0.05) is 19.9 Å². The van der Waals surface area contributed by atoms with E-state index in [2.05, 4.69) is 26.2 Å². The summed E-state index contributed by atoms with van der Waals surface area (Å²) in [7, 11) is 0. The number of hydrogen-bond acceptors (Lipinski definition) is 1. The molecule has 0 saturated carbocycles. The molecule has 0 N–H and O–H groups in total. The van der Waals surface area contributed by atoms with Crippen LogP contribution in [0.15, 0.2) is 17.9 Å². The summed E-state index contributed by atoms with van der Waals surface area (Å²) in [6.45, 7) is 10.9. The molecule has 0 aromatic rings. The van der Waals surface area contributed by atoms with E-state index in [1.165, 1.54) is 12.8 Å². The van der Waals surface area contributed by atoms with Crippen molar-refractivity contribution < 1.29 is 4.74 Å². The highest BCUT2D eigenvalue weighted by atomic mass is 16.5. The molecule has 0 amide bonds. The third kappa shape index (κ3) is 2.46. The van der Waals surface area contributed by atoms with Gasteiger partial charge in [-0.05, 0) is 32.6 Å². The highest BCUT2D eigenvalue weighted by molar-refractivity contribution is 5.19. The Morgan fingerprint density at radius 2 is 2.38 bits per heavy atom. The summed E-state index contributed by atoms with van der Waals surface area (Å²) < 4.78 is 5.64. The van der Waals surface area contributed by atoms with Gasteiger partial charge >= 0.3 is 0 Å². The Morgan fingerprint density at radius 1 is 1.62 bits per heavy atom. The van der Waals surface area contributed by atoms with Crippen molar-refractivity contribution in [2.45, 2.75) is 44.6 Å². The van der Waals surface area contributed by atoms with E-state index < -0.39 is 0 Å². The van der Waals surface area contributed by atoms with Crippen molar-refractivity contribution in [2.75, 3.05) is 6.61 Å². The Bertz CT molecular complexity index is 205. The quantitative estimate of drug-likeness (QED) is 0.602. The van der Waals surface area contributed by atoms with E-state index in [1.807, 2.05) is 0 Å². The first-order valence-electron chi connectivity index (χ1n) is 5.11. The van der Waals surface area contributed by atoms with Gasteiger partial charge in [0.05, 0.1) is 5.60 Å². The fourth-order valence-electron chi connectivity index (χ4n) is 1.77. The molecule has 1 rings (SSSR count). The lowest BCUT2D eigenvalue weighted by atomic mass is 9.90. The zero-order valence-corrected chi connectivity index (χ0v) is 8.57. The van der Waals surface area contributed by atoms with Crippen molar-refractivity contribution in [3.8, 4) is 0 Å². The first-order chi connectivity index (χ1) is 6.23. The van der Waals surface area contributed by atoms with E-state index in [0.29, 0.717) is 0 Å². The molecule has 0 aliphatic carbocycles. The number of hydrogen-bond donors (Lipinski definition) is 0. The van der Waals surface area contributed by atoms with Crippen LogP contribution < -0.4 is 0 Å². The maximum atomic E-state index is 5.64. The Balaban J connectivity index is 2.60. The van der Waals surface area contributed by atoms with E-state index >= 15 is 0 Å². The highest BCUT2D eigenvalue weighted by Crippen LogP contribution is 2.33. The molecule has 0 bridgehead atoms. The maximum absolute atomic E-state index is 5.64. The zero-order chi connectivity index (χ0) is 9.73. The molecule has 0 aromatic carbocycles. The standard InChI is InChI=1S/C12H19O/c1-4-6-8-11(5-2)12(3)9-7-10-13-12/h2-4,6-10H2,1H3. The highest BCUT2D eigenvalue weighted by Gasteiger charge is 2.33. The molecule has 1 heteroatoms. The van der Waals surface area contributed by atoms with E-state index in [4.69, 9.17) is 4.74 Å². The van der Waals surface area contributed by atoms with Gasteiger partial charge in [0.25, 0.3) is 0 Å². The molecule has 1 aliphatic heterocycles. The van der Waals surface area contributed by atoms with Crippen LogP contribution in [0.1, 0.15) is 39.0 Å². The van der Waals surface area contributed by atoms with Crippen molar-refractivity contribution in [3.63, 3.8) is 0 Å². The summed E-state index contributed by atoms with van der Waals surface area (Å²) in [4.78, 5) is 0. The second-order valence-corrected chi connectivity index (χ2v) is 3.71. The molecule has 1 nitrogen and oxygen atoms in total. The summed E-state index contributed by atoms with van der Waals surface area (Å²) in [6, 6.07) is 0. The zero-order valence-electron chi connectivity index (χ0n) is 8.57. The molecule has 73 valence electrons. The fraction of sp³-hybridized carbons (Fsp3) is 0.667. The normalized spacial score (nSPS) is 27.2. The summed E-state index contributed by atoms with van der Waals surface area (Å²) in [5.74, 6) is 0. The lowest BCUT2D eigenvalue weighted by Crippen LogP contribution is -2.25. The average Bonchev–Trinajstić information content (AvgIpc) is 2.54. The maximum Gasteiger partial charge on any atom is 0.0966 e. The van der Waals surface area contributed by atoms with Crippen LogP contribution >= 0.6 is 0 Å². The van der Waals surface area contributed by atoms with Crippen molar-refractivity contribution in [3.05, 3.63) is 24.8 Å². The number of rotatable bonds is 4. The van der Waals surface area contributed by atoms with Crippen LogP contribution in [0.3, 0.4) is 0 Å². The molecule has 0 aromatic heterocycles. The van der Waals surface area contributed by atoms with Gasteiger partial charge in [0.15, 0.2) is 0 Å². The van der Waals surface area contributed by atoms with Crippen LogP contribution in [0.4, 0.5) is 0 Å². The second-order valence-electron chi connectivity index (χ2n) is 3.71. The van der Waals surface area contributed by atoms with Crippen molar-refractivity contribution in [1.82, 2.24) is 0 Å². The Morgan fingerprint density at radius 3 is 2.85 bits per heavy atom. The van der Waals surface area contributed by atoms with Gasteiger partial charge in [0, 0.05) is 12.2 Å². The summed E-state index contributed by atoms with van der Waals surface area (Å²) in [5.41, 5.74) is 3.86. The molecular weight excluding hydrogens is 160 g/mol. The Hall–Kier alpha value is -0.520. The first kappa shape index (κ1) is 10.6. The van der Waals surface area contributed by atoms with Gasteiger partial charge < -0.3 is 4.74 Å². The smallest absolute Gasteiger partial charge is 0.0966 e. The van der Waals surface area contributed by atoms with E-state index in [9.17, 15) is 0 Å². The SMILES string of the molecule is [CH2]C1(C(=C=C)CCCC)CCCO1. The molecule has 0 spiro atoms. The molecule has 13 heavy (non-hydrogen) atoms. The van der Waals surface area contributed by atoms with Gasteiger partial charge in [-0.2, -0.15) is 0 Å². The molecule has 1 fully saturated rings. The van der Waals surface area contributed by atoms with Crippen LogP contribution in [0.5, 0.6) is 0 Å². The number of ether oxygens (including phenoxy) is 1. The fourth-order valence-corrected chi connectivity index (χ4v) is 1.77. The van der Waals surface area contributed by atoms with Crippen LogP contribution in [-0.4, -0.2) is 12.2 Å². The average molecular weight is 179 g/mol. The third-order valence-corrected chi connectivity index (χ3v) is 2.65. The molecule has 1 saturated heterocycles. The van der Waals surface area contributed by atoms with Crippen molar-refractivity contribution in [2.24, 2.45) is 0 Å². The largest absolute Gasteiger partial charge is 0.370 e. The second kappa shape index (κ2) is 4.64. The molecule has 1 atom stereocenters. The van der Waals surface area contributed by atoms with Crippen LogP contribution in [0, 0.1) is 6.92 Å². The predicted octanol–water partition coefficient (Wildman–Crippen LogP) is 3.27. The lowest BCUT2D eigenvalue weighted by molar-refractivity contribution is 0.0702. The van der Waals surface area contributed by atoms with Gasteiger partial charge in [-0.15, -0.1) is 5.73 Å². The lowest BCUT2D eigenvalue weighted by Gasteiger charge is -2.24. The first-order valence-corrected chi connectivity index (χ1v) is 5.11. The topological polar surface area (TPSA) is 9.23 Å². The van der Waals surface area contributed by atoms with E-state index in [-0.39, 0.29) is 5.60 Å². The van der Waals surface area contributed by atoms with Gasteiger partial charge in [-0.25, -0.2) is 0 Å². The monoisotopic (exact) mass is 179 g/mol. The minimum Gasteiger partial charge on any atom is -0.370 e. The molecule has 1 radical (unpaired) electrons. The predicted molar refractivity (Wildman–Crippen MR) is 55.5 cm³/mol. The number of unbranched alkanes of at least 4 members (excludes halogenated alkanes) is 1. The van der Waals surface area contributed by atoms with Gasteiger partial charge in [0.1, 0.15) is 0 Å². The summed E-state index contributed by atoms with van der Waals surface area (Å²) >= 11 is 0. The molecule has 1 unspecified atom stereocenters. The van der Waals surface area contributed by atoms with Crippen LogP contribution in [0.2, 0.25) is 0 Å². The van der Waals surface area contributed by atoms with Crippen molar-refractivity contribution >= 4 is 0 Å². The van der Waals surface area contributed by atoms with Crippen molar-refractivity contribution in [1.29, 1.82) is 0 Å². The van der Waals surface area contributed by atoms with Crippen LogP contribution in [0.25, 0.3) is 0 Å².